The van der Waals surface area contributed by atoms with E-state index in [0.29, 0.717) is 23.3 Å². The van der Waals surface area contributed by atoms with Crippen molar-refractivity contribution in [2.45, 2.75) is 32.5 Å². The lowest BCUT2D eigenvalue weighted by Gasteiger charge is -2.20. The first kappa shape index (κ1) is 21.4. The molecular weight excluding hydrogens is 412 g/mol. The minimum absolute atomic E-state index is 0.155. The molecule has 0 radical (unpaired) electrons. The minimum Gasteiger partial charge on any atom is -0.444 e. The molecule has 32 heavy (non-hydrogen) atoms. The van der Waals surface area contributed by atoms with Gasteiger partial charge in [0.1, 0.15) is 11.7 Å². The standard InChI is InChI=1S/C23H24N4O5/c1-23(2,3)32-21(29)24-12-16-13-27(22(30)31-16)15-10-8-14(9-11-15)19-17-6-4-5-7-18(17)20(28)26-25-19/h4-11,16H,12-13H2,1-3H3,(H,24,29)(H,26,28). The number of amides is 2. The van der Waals surface area contributed by atoms with E-state index in [1.165, 1.54) is 4.90 Å². The van der Waals surface area contributed by atoms with Crippen LogP contribution in [0.5, 0.6) is 0 Å². The van der Waals surface area contributed by atoms with E-state index in [2.05, 4.69) is 15.5 Å². The number of nitrogens with one attached hydrogen (secondary N) is 2. The third-order valence-electron chi connectivity index (χ3n) is 4.90. The molecule has 2 amide bonds. The number of carbonyl (C=O) groups is 2. The number of hydrogen-bond donors (Lipinski definition) is 2. The van der Waals surface area contributed by atoms with Crippen LogP contribution in [0.15, 0.2) is 53.3 Å². The zero-order valence-corrected chi connectivity index (χ0v) is 18.0. The average Bonchev–Trinajstić information content (AvgIpc) is 3.12. The zero-order valence-electron chi connectivity index (χ0n) is 18.0. The quantitative estimate of drug-likeness (QED) is 0.648. The van der Waals surface area contributed by atoms with E-state index in [-0.39, 0.29) is 12.1 Å². The molecule has 0 saturated carbocycles. The molecule has 0 aliphatic carbocycles. The molecule has 1 saturated heterocycles. The van der Waals surface area contributed by atoms with E-state index in [1.54, 1.807) is 45.0 Å². The number of fused-ring (bicyclic) bond motifs is 1. The molecule has 3 aromatic rings. The Bertz CT molecular complexity index is 1210. The summed E-state index contributed by atoms with van der Waals surface area (Å²) in [5.41, 5.74) is 1.27. The number of anilines is 1. The monoisotopic (exact) mass is 436 g/mol. The van der Waals surface area contributed by atoms with Crippen LogP contribution in [0.1, 0.15) is 20.8 Å². The Morgan fingerprint density at radius 2 is 1.84 bits per heavy atom. The molecule has 1 fully saturated rings. The fourth-order valence-corrected chi connectivity index (χ4v) is 3.48. The van der Waals surface area contributed by atoms with Gasteiger partial charge in [-0.3, -0.25) is 9.69 Å². The summed E-state index contributed by atoms with van der Waals surface area (Å²) in [6.45, 7) is 5.78. The molecule has 1 unspecified atom stereocenters. The molecule has 1 aliphatic heterocycles. The number of aromatic amines is 1. The summed E-state index contributed by atoms with van der Waals surface area (Å²) in [4.78, 5) is 37.7. The van der Waals surface area contributed by atoms with Crippen LogP contribution in [0.25, 0.3) is 22.0 Å². The molecule has 0 bridgehead atoms. The Labute approximate surface area is 184 Å². The van der Waals surface area contributed by atoms with E-state index in [4.69, 9.17) is 9.47 Å². The molecule has 9 nitrogen and oxygen atoms in total. The van der Waals surface area contributed by atoms with E-state index in [9.17, 15) is 14.4 Å². The lowest BCUT2D eigenvalue weighted by Crippen LogP contribution is -2.38. The topological polar surface area (TPSA) is 114 Å². The van der Waals surface area contributed by atoms with Gasteiger partial charge in [-0.25, -0.2) is 14.7 Å². The summed E-state index contributed by atoms with van der Waals surface area (Å²) < 4.78 is 10.6. The number of benzene rings is 2. The summed E-state index contributed by atoms with van der Waals surface area (Å²) in [6.07, 6.45) is -1.53. The number of nitrogens with zero attached hydrogens (tertiary/aromatic N) is 2. The van der Waals surface area contributed by atoms with Crippen LogP contribution in [-0.2, 0) is 9.47 Å². The largest absolute Gasteiger partial charge is 0.444 e. The first-order chi connectivity index (χ1) is 15.2. The van der Waals surface area contributed by atoms with Crippen molar-refractivity contribution in [3.8, 4) is 11.3 Å². The van der Waals surface area contributed by atoms with Crippen molar-refractivity contribution in [1.82, 2.24) is 15.5 Å². The van der Waals surface area contributed by atoms with Gasteiger partial charge in [0.05, 0.1) is 24.2 Å². The summed E-state index contributed by atoms with van der Waals surface area (Å²) in [7, 11) is 0. The predicted molar refractivity (Wildman–Crippen MR) is 120 cm³/mol. The normalized spacial score (nSPS) is 16.2. The smallest absolute Gasteiger partial charge is 0.414 e. The molecule has 1 aliphatic rings. The van der Waals surface area contributed by atoms with Gasteiger partial charge in [-0.05, 0) is 39.0 Å². The van der Waals surface area contributed by atoms with Gasteiger partial charge in [0.15, 0.2) is 0 Å². The summed E-state index contributed by atoms with van der Waals surface area (Å²) in [6, 6.07) is 14.5. The van der Waals surface area contributed by atoms with Crippen LogP contribution in [0.3, 0.4) is 0 Å². The molecule has 0 spiro atoms. The Morgan fingerprint density at radius 3 is 2.53 bits per heavy atom. The maximum Gasteiger partial charge on any atom is 0.414 e. The second kappa shape index (κ2) is 8.33. The third kappa shape index (κ3) is 4.56. The predicted octanol–water partition coefficient (Wildman–Crippen LogP) is 3.44. The van der Waals surface area contributed by atoms with Gasteiger partial charge < -0.3 is 14.8 Å². The molecule has 4 rings (SSSR count). The number of alkyl carbamates (subject to hydrolysis) is 1. The van der Waals surface area contributed by atoms with Crippen molar-refractivity contribution in [3.05, 3.63) is 58.9 Å². The van der Waals surface area contributed by atoms with Gasteiger partial charge in [-0.2, -0.15) is 5.10 Å². The Kier molecular flexibility index (Phi) is 5.56. The first-order valence-corrected chi connectivity index (χ1v) is 10.2. The second-order valence-corrected chi connectivity index (χ2v) is 8.49. The van der Waals surface area contributed by atoms with E-state index < -0.39 is 23.9 Å². The van der Waals surface area contributed by atoms with Crippen molar-refractivity contribution in [1.29, 1.82) is 0 Å². The summed E-state index contributed by atoms with van der Waals surface area (Å²) in [5, 5.41) is 10.7. The highest BCUT2D eigenvalue weighted by atomic mass is 16.6. The minimum atomic E-state index is -0.601. The lowest BCUT2D eigenvalue weighted by atomic mass is 10.0. The SMILES string of the molecule is CC(C)(C)OC(=O)NCC1CN(c2ccc(-c3n[nH]c(=O)c4ccccc34)cc2)C(=O)O1. The lowest BCUT2D eigenvalue weighted by molar-refractivity contribution is 0.0496. The Morgan fingerprint density at radius 1 is 1.16 bits per heavy atom. The molecule has 2 N–H and O–H groups in total. The van der Waals surface area contributed by atoms with Crippen molar-refractivity contribution in [2.24, 2.45) is 0 Å². The van der Waals surface area contributed by atoms with Gasteiger partial charge in [-0.1, -0.05) is 30.3 Å². The first-order valence-electron chi connectivity index (χ1n) is 10.2. The zero-order chi connectivity index (χ0) is 22.9. The highest BCUT2D eigenvalue weighted by Gasteiger charge is 2.33. The van der Waals surface area contributed by atoms with Gasteiger partial charge in [-0.15, -0.1) is 0 Å². The number of cyclic esters (lactones) is 1. The number of hydrogen-bond acceptors (Lipinski definition) is 6. The van der Waals surface area contributed by atoms with Crippen molar-refractivity contribution >= 4 is 28.6 Å². The van der Waals surface area contributed by atoms with Crippen LogP contribution in [0.4, 0.5) is 15.3 Å². The number of H-pyrrole nitrogens is 1. The van der Waals surface area contributed by atoms with Crippen LogP contribution in [0.2, 0.25) is 0 Å². The van der Waals surface area contributed by atoms with Crippen molar-refractivity contribution in [2.75, 3.05) is 18.0 Å². The van der Waals surface area contributed by atoms with Gasteiger partial charge in [0.2, 0.25) is 0 Å². The molecule has 9 heteroatoms. The fraction of sp³-hybridized carbons (Fsp3) is 0.304. The highest BCUT2D eigenvalue weighted by Crippen LogP contribution is 2.28. The molecule has 2 aromatic carbocycles. The number of aromatic nitrogens is 2. The van der Waals surface area contributed by atoms with Crippen molar-refractivity contribution < 1.29 is 19.1 Å². The summed E-state index contributed by atoms with van der Waals surface area (Å²) >= 11 is 0. The molecule has 1 aromatic heterocycles. The van der Waals surface area contributed by atoms with Gasteiger partial charge >= 0.3 is 12.2 Å². The Balaban J connectivity index is 1.46. The van der Waals surface area contributed by atoms with Crippen LogP contribution in [0, 0.1) is 0 Å². The van der Waals surface area contributed by atoms with Crippen LogP contribution >= 0.6 is 0 Å². The van der Waals surface area contributed by atoms with Crippen molar-refractivity contribution in [3.63, 3.8) is 0 Å². The highest BCUT2D eigenvalue weighted by molar-refractivity contribution is 5.94. The number of ether oxygens (including phenoxy) is 2. The van der Waals surface area contributed by atoms with E-state index >= 15 is 0 Å². The number of carbonyl (C=O) groups excluding carboxylic acids is 2. The molecular formula is C23H24N4O5. The molecule has 1 atom stereocenters. The average molecular weight is 436 g/mol. The molecule has 2 heterocycles. The molecule has 166 valence electrons. The number of rotatable bonds is 4. The van der Waals surface area contributed by atoms with Gasteiger partial charge in [0.25, 0.3) is 5.56 Å². The third-order valence-corrected chi connectivity index (χ3v) is 4.90. The fourth-order valence-electron chi connectivity index (χ4n) is 3.48. The Hall–Kier alpha value is -3.88. The second-order valence-electron chi connectivity index (χ2n) is 8.49. The maximum absolute atomic E-state index is 12.3. The van der Waals surface area contributed by atoms with Gasteiger partial charge in [0, 0.05) is 16.6 Å². The van der Waals surface area contributed by atoms with Crippen LogP contribution in [-0.4, -0.2) is 47.2 Å². The van der Waals surface area contributed by atoms with E-state index in [0.717, 1.165) is 10.9 Å². The van der Waals surface area contributed by atoms with E-state index in [1.807, 2.05) is 24.3 Å². The maximum atomic E-state index is 12.3. The summed E-state index contributed by atoms with van der Waals surface area (Å²) in [5.74, 6) is 0. The van der Waals surface area contributed by atoms with Crippen LogP contribution < -0.4 is 15.8 Å².